The SMILES string of the molecule is CC(C)C(NC(=O)c1ccccc1F)C(=O)N/N=C/c1ccc(N(C)C)cc1. The number of carbonyl (C=O) groups excluding carboxylic acids is 2. The molecule has 0 spiro atoms. The molecular weight excluding hydrogens is 359 g/mol. The summed E-state index contributed by atoms with van der Waals surface area (Å²) in [6, 6.07) is 12.4. The second-order valence-corrected chi connectivity index (χ2v) is 6.90. The number of hydrazone groups is 1. The Morgan fingerprint density at radius 3 is 2.29 bits per heavy atom. The van der Waals surface area contributed by atoms with E-state index in [0.717, 1.165) is 11.3 Å². The van der Waals surface area contributed by atoms with E-state index < -0.39 is 23.7 Å². The van der Waals surface area contributed by atoms with Crippen molar-refractivity contribution in [3.63, 3.8) is 0 Å². The van der Waals surface area contributed by atoms with Gasteiger partial charge in [0.1, 0.15) is 11.9 Å². The number of hydrogen-bond acceptors (Lipinski definition) is 4. The van der Waals surface area contributed by atoms with Crippen LogP contribution in [0, 0.1) is 11.7 Å². The second kappa shape index (κ2) is 9.64. The zero-order valence-electron chi connectivity index (χ0n) is 16.4. The molecular formula is C21H25FN4O2. The molecule has 0 saturated carbocycles. The van der Waals surface area contributed by atoms with Crippen LogP contribution >= 0.6 is 0 Å². The van der Waals surface area contributed by atoms with Gasteiger partial charge in [-0.05, 0) is 35.7 Å². The minimum atomic E-state index is -0.847. The van der Waals surface area contributed by atoms with Crippen LogP contribution < -0.4 is 15.6 Å². The molecule has 0 aliphatic heterocycles. The molecule has 2 rings (SSSR count). The lowest BCUT2D eigenvalue weighted by Gasteiger charge is -2.20. The first-order chi connectivity index (χ1) is 13.3. The molecule has 0 radical (unpaired) electrons. The zero-order chi connectivity index (χ0) is 20.7. The van der Waals surface area contributed by atoms with E-state index in [1.54, 1.807) is 19.9 Å². The molecule has 0 aliphatic carbocycles. The number of hydrogen-bond donors (Lipinski definition) is 2. The molecule has 0 heterocycles. The highest BCUT2D eigenvalue weighted by Crippen LogP contribution is 2.11. The highest BCUT2D eigenvalue weighted by molar-refractivity contribution is 5.98. The molecule has 0 saturated heterocycles. The van der Waals surface area contributed by atoms with Gasteiger partial charge in [0.15, 0.2) is 0 Å². The largest absolute Gasteiger partial charge is 0.378 e. The fourth-order valence-corrected chi connectivity index (χ4v) is 2.50. The molecule has 0 aliphatic rings. The number of carbonyl (C=O) groups is 2. The molecule has 7 heteroatoms. The van der Waals surface area contributed by atoms with Crippen LogP contribution in [0.2, 0.25) is 0 Å². The lowest BCUT2D eigenvalue weighted by molar-refractivity contribution is -0.123. The average Bonchev–Trinajstić information content (AvgIpc) is 2.66. The minimum Gasteiger partial charge on any atom is -0.378 e. The highest BCUT2D eigenvalue weighted by Gasteiger charge is 2.25. The van der Waals surface area contributed by atoms with E-state index >= 15 is 0 Å². The van der Waals surface area contributed by atoms with Gasteiger partial charge in [-0.25, -0.2) is 9.82 Å². The monoisotopic (exact) mass is 384 g/mol. The Balaban J connectivity index is 2.00. The van der Waals surface area contributed by atoms with Crippen molar-refractivity contribution in [2.75, 3.05) is 19.0 Å². The maximum atomic E-state index is 13.8. The summed E-state index contributed by atoms with van der Waals surface area (Å²) in [5.41, 5.74) is 4.20. The van der Waals surface area contributed by atoms with Crippen LogP contribution in [0.1, 0.15) is 29.8 Å². The van der Waals surface area contributed by atoms with Gasteiger partial charge in [-0.1, -0.05) is 38.1 Å². The first-order valence-electron chi connectivity index (χ1n) is 8.95. The molecule has 1 unspecified atom stereocenters. The van der Waals surface area contributed by atoms with Crippen molar-refractivity contribution in [1.82, 2.24) is 10.7 Å². The summed E-state index contributed by atoms with van der Waals surface area (Å²) in [6.45, 7) is 3.57. The fourth-order valence-electron chi connectivity index (χ4n) is 2.50. The van der Waals surface area contributed by atoms with E-state index in [9.17, 15) is 14.0 Å². The fraction of sp³-hybridized carbons (Fsp3) is 0.286. The number of amides is 2. The van der Waals surface area contributed by atoms with E-state index in [2.05, 4.69) is 15.8 Å². The highest BCUT2D eigenvalue weighted by atomic mass is 19.1. The number of nitrogens with zero attached hydrogens (tertiary/aromatic N) is 2. The maximum Gasteiger partial charge on any atom is 0.262 e. The summed E-state index contributed by atoms with van der Waals surface area (Å²) in [6.07, 6.45) is 1.52. The predicted octanol–water partition coefficient (Wildman–Crippen LogP) is 2.80. The first-order valence-corrected chi connectivity index (χ1v) is 8.95. The Morgan fingerprint density at radius 2 is 1.71 bits per heavy atom. The quantitative estimate of drug-likeness (QED) is 0.569. The molecule has 0 fully saturated rings. The van der Waals surface area contributed by atoms with Gasteiger partial charge in [-0.15, -0.1) is 0 Å². The maximum absolute atomic E-state index is 13.8. The van der Waals surface area contributed by atoms with E-state index in [-0.39, 0.29) is 11.5 Å². The number of benzene rings is 2. The van der Waals surface area contributed by atoms with Gasteiger partial charge in [0.05, 0.1) is 11.8 Å². The molecule has 2 amide bonds. The lowest BCUT2D eigenvalue weighted by atomic mass is 10.0. The van der Waals surface area contributed by atoms with Gasteiger partial charge < -0.3 is 10.2 Å². The Bertz CT molecular complexity index is 848. The van der Waals surface area contributed by atoms with Gasteiger partial charge in [-0.3, -0.25) is 9.59 Å². The summed E-state index contributed by atoms with van der Waals surface area (Å²) < 4.78 is 13.8. The summed E-state index contributed by atoms with van der Waals surface area (Å²) in [4.78, 5) is 26.7. The van der Waals surface area contributed by atoms with Crippen LogP contribution in [0.4, 0.5) is 10.1 Å². The first kappa shape index (κ1) is 21.1. The third-order valence-electron chi connectivity index (χ3n) is 4.15. The van der Waals surface area contributed by atoms with Crippen LogP contribution in [-0.4, -0.2) is 38.2 Å². The molecule has 2 aromatic rings. The van der Waals surface area contributed by atoms with Crippen LogP contribution in [-0.2, 0) is 4.79 Å². The Kier molecular flexibility index (Phi) is 7.26. The van der Waals surface area contributed by atoms with Crippen LogP contribution in [0.5, 0.6) is 0 Å². The third kappa shape index (κ3) is 5.64. The summed E-state index contributed by atoms with van der Waals surface area (Å²) in [5, 5.41) is 6.52. The van der Waals surface area contributed by atoms with Gasteiger partial charge in [0, 0.05) is 19.8 Å². The van der Waals surface area contributed by atoms with Crippen LogP contribution in [0.3, 0.4) is 0 Å². The standard InChI is InChI=1S/C21H25FN4O2/c1-14(2)19(24-20(27)17-7-5-6-8-18(17)22)21(28)25-23-13-15-9-11-16(12-10-15)26(3)4/h5-14,19H,1-4H3,(H,24,27)(H,25,28)/b23-13+. The normalized spacial score (nSPS) is 12.1. The molecule has 2 N–H and O–H groups in total. The van der Waals surface area contributed by atoms with Crippen molar-refractivity contribution < 1.29 is 14.0 Å². The number of nitrogens with one attached hydrogen (secondary N) is 2. The lowest BCUT2D eigenvalue weighted by Crippen LogP contribution is -2.48. The van der Waals surface area contributed by atoms with Crippen LogP contribution in [0.15, 0.2) is 53.6 Å². The topological polar surface area (TPSA) is 73.8 Å². The molecule has 1 atom stereocenters. The second-order valence-electron chi connectivity index (χ2n) is 6.90. The zero-order valence-corrected chi connectivity index (χ0v) is 16.4. The van der Waals surface area contributed by atoms with Gasteiger partial charge in [0.25, 0.3) is 11.8 Å². The van der Waals surface area contributed by atoms with Gasteiger partial charge in [-0.2, -0.15) is 5.10 Å². The summed E-state index contributed by atoms with van der Waals surface area (Å²) >= 11 is 0. The summed E-state index contributed by atoms with van der Waals surface area (Å²) in [7, 11) is 3.90. The number of rotatable bonds is 7. The number of halogens is 1. The van der Waals surface area contributed by atoms with Gasteiger partial charge in [0.2, 0.25) is 0 Å². The Morgan fingerprint density at radius 1 is 1.07 bits per heavy atom. The summed E-state index contributed by atoms with van der Waals surface area (Å²) in [5.74, 6) is -1.96. The molecule has 28 heavy (non-hydrogen) atoms. The van der Waals surface area contributed by atoms with Crippen molar-refractivity contribution in [2.24, 2.45) is 11.0 Å². The van der Waals surface area contributed by atoms with Gasteiger partial charge >= 0.3 is 0 Å². The predicted molar refractivity (Wildman–Crippen MR) is 109 cm³/mol. The van der Waals surface area contributed by atoms with Crippen molar-refractivity contribution in [1.29, 1.82) is 0 Å². The third-order valence-corrected chi connectivity index (χ3v) is 4.15. The van der Waals surface area contributed by atoms with E-state index in [0.29, 0.717) is 0 Å². The Hall–Kier alpha value is -3.22. The minimum absolute atomic E-state index is 0.106. The van der Waals surface area contributed by atoms with Crippen LogP contribution in [0.25, 0.3) is 0 Å². The number of anilines is 1. The average molecular weight is 384 g/mol. The Labute approximate surface area is 164 Å². The van der Waals surface area contributed by atoms with Crippen molar-refractivity contribution >= 4 is 23.7 Å². The molecule has 0 aromatic heterocycles. The van der Waals surface area contributed by atoms with E-state index in [4.69, 9.17) is 0 Å². The smallest absolute Gasteiger partial charge is 0.262 e. The molecule has 2 aromatic carbocycles. The molecule has 0 bridgehead atoms. The molecule has 148 valence electrons. The van der Waals surface area contributed by atoms with E-state index in [1.165, 1.54) is 24.4 Å². The van der Waals surface area contributed by atoms with Crippen molar-refractivity contribution in [2.45, 2.75) is 19.9 Å². The van der Waals surface area contributed by atoms with Crippen molar-refractivity contribution in [3.05, 3.63) is 65.5 Å². The van der Waals surface area contributed by atoms with E-state index in [1.807, 2.05) is 43.3 Å². The van der Waals surface area contributed by atoms with Crippen molar-refractivity contribution in [3.8, 4) is 0 Å². The molecule has 6 nitrogen and oxygen atoms in total.